The van der Waals surface area contributed by atoms with Crippen LogP contribution in [0.3, 0.4) is 0 Å². The van der Waals surface area contributed by atoms with Crippen LogP contribution in [0, 0.1) is 0 Å². The maximum Gasteiger partial charge on any atom is 0.246 e. The number of rotatable bonds is 5. The van der Waals surface area contributed by atoms with Crippen molar-refractivity contribution in [2.75, 3.05) is 26.7 Å². The summed E-state index contributed by atoms with van der Waals surface area (Å²) in [7, 11) is 1.62. The lowest BCUT2D eigenvalue weighted by Crippen LogP contribution is -2.69. The Kier molecular flexibility index (Phi) is 5.13. The zero-order chi connectivity index (χ0) is 18.8. The van der Waals surface area contributed by atoms with Gasteiger partial charge in [0.25, 0.3) is 0 Å². The molecule has 2 aliphatic rings. The van der Waals surface area contributed by atoms with Crippen LogP contribution in [0.25, 0.3) is 0 Å². The summed E-state index contributed by atoms with van der Waals surface area (Å²) in [4.78, 5) is 30.9. The fourth-order valence-corrected chi connectivity index (χ4v) is 4.51. The van der Waals surface area contributed by atoms with E-state index in [1.165, 1.54) is 4.88 Å². The van der Waals surface area contributed by atoms with Gasteiger partial charge in [0.05, 0.1) is 7.11 Å². The summed E-state index contributed by atoms with van der Waals surface area (Å²) in [5.74, 6) is 0.745. The van der Waals surface area contributed by atoms with Crippen molar-refractivity contribution in [3.63, 3.8) is 0 Å². The molecule has 2 amide bonds. The van der Waals surface area contributed by atoms with E-state index in [-0.39, 0.29) is 11.8 Å². The van der Waals surface area contributed by atoms with Gasteiger partial charge in [0.2, 0.25) is 11.8 Å². The number of carbonyl (C=O) groups excluding carboxylic acids is 2. The minimum Gasteiger partial charge on any atom is -0.497 e. The summed E-state index contributed by atoms with van der Waals surface area (Å²) in [6.07, 6.45) is 0.497. The van der Waals surface area contributed by atoms with Crippen LogP contribution < -0.4 is 10.1 Å². The standard InChI is InChI=1S/C20H23N3O3S/c1-26-15-6-4-14(5-7-15)11-17-20(25)23-9-8-22(12-16-3-2-10-27-16)13-18(23)19(24)21-17/h2-7,10,17-18H,8-9,11-13H2,1H3,(H,21,24)/t17-,18+/m0/s1. The van der Waals surface area contributed by atoms with Gasteiger partial charge in [0.1, 0.15) is 17.8 Å². The van der Waals surface area contributed by atoms with E-state index >= 15 is 0 Å². The van der Waals surface area contributed by atoms with Crippen molar-refractivity contribution in [2.24, 2.45) is 0 Å². The summed E-state index contributed by atoms with van der Waals surface area (Å²) >= 11 is 1.72. The second-order valence-electron chi connectivity index (χ2n) is 6.98. The van der Waals surface area contributed by atoms with Gasteiger partial charge in [-0.25, -0.2) is 0 Å². The highest BCUT2D eigenvalue weighted by molar-refractivity contribution is 7.09. The largest absolute Gasteiger partial charge is 0.497 e. The number of benzene rings is 1. The first kappa shape index (κ1) is 18.0. The second kappa shape index (κ2) is 7.70. The van der Waals surface area contributed by atoms with Gasteiger partial charge in [-0.2, -0.15) is 0 Å². The van der Waals surface area contributed by atoms with Crippen molar-refractivity contribution in [1.29, 1.82) is 0 Å². The van der Waals surface area contributed by atoms with Gasteiger partial charge >= 0.3 is 0 Å². The van der Waals surface area contributed by atoms with Crippen LogP contribution in [0.2, 0.25) is 0 Å². The Morgan fingerprint density at radius 2 is 2.00 bits per heavy atom. The molecule has 0 unspecified atom stereocenters. The first-order valence-corrected chi connectivity index (χ1v) is 10.0. The third kappa shape index (κ3) is 3.84. The van der Waals surface area contributed by atoms with E-state index in [0.717, 1.165) is 24.4 Å². The third-order valence-corrected chi connectivity index (χ3v) is 6.08. The molecule has 7 heteroatoms. The first-order valence-electron chi connectivity index (χ1n) is 9.12. The molecule has 4 rings (SSSR count). The van der Waals surface area contributed by atoms with Crippen molar-refractivity contribution in [1.82, 2.24) is 15.1 Å². The zero-order valence-corrected chi connectivity index (χ0v) is 16.1. The van der Waals surface area contributed by atoms with Crippen molar-refractivity contribution in [2.45, 2.75) is 25.0 Å². The van der Waals surface area contributed by atoms with Gasteiger partial charge in [-0.15, -0.1) is 11.3 Å². The number of amides is 2. The van der Waals surface area contributed by atoms with E-state index in [9.17, 15) is 9.59 Å². The number of methoxy groups -OCH3 is 1. The number of nitrogens with one attached hydrogen (secondary N) is 1. The molecule has 0 saturated carbocycles. The molecule has 1 aromatic carbocycles. The number of carbonyl (C=O) groups is 2. The second-order valence-corrected chi connectivity index (χ2v) is 8.01. The lowest BCUT2D eigenvalue weighted by atomic mass is 9.98. The summed E-state index contributed by atoms with van der Waals surface area (Å²) < 4.78 is 5.17. The van der Waals surface area contributed by atoms with E-state index in [0.29, 0.717) is 19.5 Å². The molecule has 2 saturated heterocycles. The van der Waals surface area contributed by atoms with Gasteiger partial charge in [-0.3, -0.25) is 14.5 Å². The van der Waals surface area contributed by atoms with E-state index in [2.05, 4.69) is 21.7 Å². The topological polar surface area (TPSA) is 61.9 Å². The minimum atomic E-state index is -0.494. The molecule has 2 fully saturated rings. The van der Waals surface area contributed by atoms with Gasteiger partial charge < -0.3 is 15.0 Å². The molecule has 1 aromatic heterocycles. The number of fused-ring (bicyclic) bond motifs is 1. The van der Waals surface area contributed by atoms with Crippen LogP contribution in [0.5, 0.6) is 5.75 Å². The monoisotopic (exact) mass is 385 g/mol. The Hall–Kier alpha value is -2.38. The Morgan fingerprint density at radius 1 is 1.19 bits per heavy atom. The highest BCUT2D eigenvalue weighted by Gasteiger charge is 2.43. The normalized spacial score (nSPS) is 23.1. The lowest BCUT2D eigenvalue weighted by molar-refractivity contribution is -0.153. The molecule has 2 aliphatic heterocycles. The van der Waals surface area contributed by atoms with Gasteiger partial charge in [0, 0.05) is 37.5 Å². The Balaban J connectivity index is 1.41. The van der Waals surface area contributed by atoms with Crippen LogP contribution in [0.4, 0.5) is 0 Å². The minimum absolute atomic E-state index is 0.0196. The maximum absolute atomic E-state index is 12.9. The van der Waals surface area contributed by atoms with Gasteiger partial charge in [-0.05, 0) is 29.1 Å². The first-order chi connectivity index (χ1) is 13.1. The lowest BCUT2D eigenvalue weighted by Gasteiger charge is -2.45. The molecule has 0 bridgehead atoms. The molecular formula is C20H23N3O3S. The summed E-state index contributed by atoms with van der Waals surface area (Å²) in [6.45, 7) is 2.81. The van der Waals surface area contributed by atoms with Gasteiger partial charge in [-0.1, -0.05) is 18.2 Å². The van der Waals surface area contributed by atoms with Crippen LogP contribution in [-0.4, -0.2) is 60.4 Å². The molecule has 27 heavy (non-hydrogen) atoms. The van der Waals surface area contributed by atoms with Crippen molar-refractivity contribution >= 4 is 23.2 Å². The molecule has 142 valence electrons. The highest BCUT2D eigenvalue weighted by atomic mass is 32.1. The number of hydrogen-bond donors (Lipinski definition) is 1. The number of ether oxygens (including phenoxy) is 1. The fourth-order valence-electron chi connectivity index (χ4n) is 3.76. The van der Waals surface area contributed by atoms with Crippen LogP contribution in [-0.2, 0) is 22.6 Å². The molecule has 2 atom stereocenters. The van der Waals surface area contributed by atoms with E-state index in [4.69, 9.17) is 4.74 Å². The van der Waals surface area contributed by atoms with Crippen molar-refractivity contribution < 1.29 is 14.3 Å². The SMILES string of the molecule is COc1ccc(C[C@@H]2NC(=O)[C@H]3CN(Cc4cccs4)CCN3C2=O)cc1. The predicted octanol–water partition coefficient (Wildman–Crippen LogP) is 1.51. The van der Waals surface area contributed by atoms with Gasteiger partial charge in [0.15, 0.2) is 0 Å². The summed E-state index contributed by atoms with van der Waals surface area (Å²) in [5, 5.41) is 5.00. The van der Waals surface area contributed by atoms with Crippen molar-refractivity contribution in [3.05, 3.63) is 52.2 Å². The predicted molar refractivity (Wildman–Crippen MR) is 104 cm³/mol. The fraction of sp³-hybridized carbons (Fsp3) is 0.400. The zero-order valence-electron chi connectivity index (χ0n) is 15.3. The number of piperazine rings is 2. The summed E-state index contributed by atoms with van der Waals surface area (Å²) in [6, 6.07) is 10.9. The van der Waals surface area contributed by atoms with Crippen LogP contribution in [0.1, 0.15) is 10.4 Å². The van der Waals surface area contributed by atoms with E-state index < -0.39 is 12.1 Å². The van der Waals surface area contributed by atoms with E-state index in [1.807, 2.05) is 30.3 Å². The average Bonchev–Trinajstić information content (AvgIpc) is 3.19. The van der Waals surface area contributed by atoms with Crippen LogP contribution in [0.15, 0.2) is 41.8 Å². The van der Waals surface area contributed by atoms with Crippen LogP contribution >= 0.6 is 11.3 Å². The highest BCUT2D eigenvalue weighted by Crippen LogP contribution is 2.21. The molecule has 0 aliphatic carbocycles. The van der Waals surface area contributed by atoms with E-state index in [1.54, 1.807) is 23.3 Å². The number of nitrogens with zero attached hydrogens (tertiary/aromatic N) is 2. The Labute approximate surface area is 162 Å². The Morgan fingerprint density at radius 3 is 2.70 bits per heavy atom. The molecule has 2 aromatic rings. The number of hydrogen-bond acceptors (Lipinski definition) is 5. The molecule has 1 N–H and O–H groups in total. The maximum atomic E-state index is 12.9. The summed E-state index contributed by atoms with van der Waals surface area (Å²) in [5.41, 5.74) is 1.00. The third-order valence-electron chi connectivity index (χ3n) is 5.22. The smallest absolute Gasteiger partial charge is 0.246 e. The number of thiophene rings is 1. The molecule has 0 radical (unpaired) electrons. The molecule has 3 heterocycles. The molecule has 6 nitrogen and oxygen atoms in total. The van der Waals surface area contributed by atoms with Crippen molar-refractivity contribution in [3.8, 4) is 5.75 Å². The average molecular weight is 385 g/mol. The quantitative estimate of drug-likeness (QED) is 0.848. The Bertz CT molecular complexity index is 806. The molecule has 0 spiro atoms. The molecular weight excluding hydrogens is 362 g/mol.